The van der Waals surface area contributed by atoms with Gasteiger partial charge in [0.25, 0.3) is 0 Å². The molecule has 0 saturated carbocycles. The molecule has 0 aliphatic heterocycles. The summed E-state index contributed by atoms with van der Waals surface area (Å²) in [7, 11) is 0. The van der Waals surface area contributed by atoms with Crippen molar-refractivity contribution >= 4 is 11.3 Å². The van der Waals surface area contributed by atoms with E-state index in [2.05, 4.69) is 41.6 Å². The smallest absolute Gasteiger partial charge is 0.117 e. The van der Waals surface area contributed by atoms with Gasteiger partial charge in [0.05, 0.1) is 12.8 Å². The van der Waals surface area contributed by atoms with Crippen LogP contribution in [0, 0.1) is 0 Å². The standard InChI is InChI=1S/C15H19NOS/c1-13(2)5-7-16(10-14-6-9-18-12-14)11-15-4-3-8-17-15/h3-6,8-9,12H,7,10-11H2,1-2H3. The molecule has 0 atom stereocenters. The highest BCUT2D eigenvalue weighted by atomic mass is 32.1. The molecule has 0 aliphatic rings. The van der Waals surface area contributed by atoms with Crippen LogP contribution in [-0.4, -0.2) is 11.4 Å². The maximum atomic E-state index is 5.43. The van der Waals surface area contributed by atoms with E-state index in [1.165, 1.54) is 11.1 Å². The Morgan fingerprint density at radius 3 is 2.83 bits per heavy atom. The van der Waals surface area contributed by atoms with Crippen LogP contribution in [0.5, 0.6) is 0 Å². The zero-order chi connectivity index (χ0) is 12.8. The minimum absolute atomic E-state index is 0.854. The molecule has 0 aliphatic carbocycles. The van der Waals surface area contributed by atoms with Gasteiger partial charge in [-0.05, 0) is 48.4 Å². The first kappa shape index (κ1) is 13.1. The maximum Gasteiger partial charge on any atom is 0.117 e. The summed E-state index contributed by atoms with van der Waals surface area (Å²) >= 11 is 1.75. The van der Waals surface area contributed by atoms with Crippen molar-refractivity contribution in [2.45, 2.75) is 26.9 Å². The minimum Gasteiger partial charge on any atom is -0.468 e. The maximum absolute atomic E-state index is 5.43. The van der Waals surface area contributed by atoms with Crippen molar-refractivity contribution in [2.75, 3.05) is 6.54 Å². The van der Waals surface area contributed by atoms with Gasteiger partial charge in [0, 0.05) is 13.1 Å². The van der Waals surface area contributed by atoms with Crippen LogP contribution in [0.4, 0.5) is 0 Å². The van der Waals surface area contributed by atoms with Crippen LogP contribution in [0.25, 0.3) is 0 Å². The highest BCUT2D eigenvalue weighted by Crippen LogP contribution is 2.13. The van der Waals surface area contributed by atoms with Crippen LogP contribution in [0.15, 0.2) is 51.3 Å². The van der Waals surface area contributed by atoms with Gasteiger partial charge in [-0.15, -0.1) is 0 Å². The quantitative estimate of drug-likeness (QED) is 0.720. The lowest BCUT2D eigenvalue weighted by Crippen LogP contribution is -2.22. The van der Waals surface area contributed by atoms with Gasteiger partial charge in [0.2, 0.25) is 0 Å². The van der Waals surface area contributed by atoms with E-state index in [1.807, 2.05) is 12.1 Å². The van der Waals surface area contributed by atoms with Crippen molar-refractivity contribution in [1.29, 1.82) is 0 Å². The van der Waals surface area contributed by atoms with Gasteiger partial charge in [-0.3, -0.25) is 4.90 Å². The molecule has 0 bridgehead atoms. The van der Waals surface area contributed by atoms with Gasteiger partial charge in [-0.2, -0.15) is 11.3 Å². The highest BCUT2D eigenvalue weighted by Gasteiger charge is 2.07. The predicted molar refractivity (Wildman–Crippen MR) is 76.6 cm³/mol. The normalized spacial score (nSPS) is 10.8. The van der Waals surface area contributed by atoms with E-state index in [-0.39, 0.29) is 0 Å². The van der Waals surface area contributed by atoms with E-state index in [1.54, 1.807) is 17.6 Å². The molecule has 0 saturated heterocycles. The zero-order valence-corrected chi connectivity index (χ0v) is 11.7. The fourth-order valence-electron chi connectivity index (χ4n) is 1.76. The van der Waals surface area contributed by atoms with Crippen LogP contribution in [0.3, 0.4) is 0 Å². The van der Waals surface area contributed by atoms with Crippen molar-refractivity contribution in [2.24, 2.45) is 0 Å². The van der Waals surface area contributed by atoms with Gasteiger partial charge < -0.3 is 4.42 Å². The van der Waals surface area contributed by atoms with E-state index < -0.39 is 0 Å². The molecule has 0 aromatic carbocycles. The molecule has 2 aromatic heterocycles. The second kappa shape index (κ2) is 6.57. The fourth-order valence-corrected chi connectivity index (χ4v) is 2.42. The Morgan fingerprint density at radius 2 is 2.22 bits per heavy atom. The molecule has 2 nitrogen and oxygen atoms in total. The Balaban J connectivity index is 2.00. The third kappa shape index (κ3) is 4.17. The lowest BCUT2D eigenvalue weighted by atomic mass is 10.2. The number of thiophene rings is 1. The fraction of sp³-hybridized carbons (Fsp3) is 0.333. The molecule has 0 spiro atoms. The summed E-state index contributed by atoms with van der Waals surface area (Å²) in [5.41, 5.74) is 2.72. The largest absolute Gasteiger partial charge is 0.468 e. The van der Waals surface area contributed by atoms with E-state index in [0.29, 0.717) is 0 Å². The molecule has 0 amide bonds. The van der Waals surface area contributed by atoms with Crippen molar-refractivity contribution in [3.63, 3.8) is 0 Å². The summed E-state index contributed by atoms with van der Waals surface area (Å²) in [6.45, 7) is 7.05. The van der Waals surface area contributed by atoms with E-state index in [4.69, 9.17) is 4.42 Å². The average molecular weight is 261 g/mol. The minimum atomic E-state index is 0.854. The predicted octanol–water partition coefficient (Wildman–Crippen LogP) is 4.31. The SMILES string of the molecule is CC(C)=CCN(Cc1ccsc1)Cc1ccco1. The molecule has 2 aromatic rings. The van der Waals surface area contributed by atoms with Crippen LogP contribution < -0.4 is 0 Å². The molecule has 3 heteroatoms. The molecular formula is C15H19NOS. The van der Waals surface area contributed by atoms with Gasteiger partial charge >= 0.3 is 0 Å². The topological polar surface area (TPSA) is 16.4 Å². The third-order valence-electron chi connectivity index (χ3n) is 2.70. The lowest BCUT2D eigenvalue weighted by molar-refractivity contribution is 0.260. The van der Waals surface area contributed by atoms with E-state index >= 15 is 0 Å². The van der Waals surface area contributed by atoms with Gasteiger partial charge in [0.15, 0.2) is 0 Å². The Bertz CT molecular complexity index is 430. The summed E-state index contributed by atoms with van der Waals surface area (Å²) in [5.74, 6) is 1.02. The van der Waals surface area contributed by atoms with Crippen molar-refractivity contribution in [3.8, 4) is 0 Å². The number of hydrogen-bond acceptors (Lipinski definition) is 3. The average Bonchev–Trinajstić information content (AvgIpc) is 2.98. The monoisotopic (exact) mass is 261 g/mol. The Kier molecular flexibility index (Phi) is 4.79. The molecular weight excluding hydrogens is 242 g/mol. The number of rotatable bonds is 6. The first-order valence-electron chi connectivity index (χ1n) is 6.13. The van der Waals surface area contributed by atoms with Crippen molar-refractivity contribution in [1.82, 2.24) is 4.90 Å². The molecule has 2 rings (SSSR count). The summed E-state index contributed by atoms with van der Waals surface area (Å²) in [6, 6.07) is 6.16. The summed E-state index contributed by atoms with van der Waals surface area (Å²) < 4.78 is 5.43. The summed E-state index contributed by atoms with van der Waals surface area (Å²) in [4.78, 5) is 2.38. The third-order valence-corrected chi connectivity index (χ3v) is 3.44. The number of nitrogens with zero attached hydrogens (tertiary/aromatic N) is 1. The number of hydrogen-bond donors (Lipinski definition) is 0. The molecule has 96 valence electrons. The van der Waals surface area contributed by atoms with Gasteiger partial charge in [-0.1, -0.05) is 11.6 Å². The lowest BCUT2D eigenvalue weighted by Gasteiger charge is -2.19. The summed E-state index contributed by atoms with van der Waals surface area (Å²) in [5, 5.41) is 4.33. The molecule has 0 N–H and O–H groups in total. The van der Waals surface area contributed by atoms with Crippen LogP contribution in [0.1, 0.15) is 25.2 Å². The second-order valence-electron chi connectivity index (χ2n) is 4.66. The summed E-state index contributed by atoms with van der Waals surface area (Å²) in [6.07, 6.45) is 3.99. The molecule has 0 radical (unpaired) electrons. The first-order valence-corrected chi connectivity index (χ1v) is 7.07. The number of furan rings is 1. The molecule has 0 fully saturated rings. The van der Waals surface area contributed by atoms with Crippen molar-refractivity contribution < 1.29 is 4.42 Å². The highest BCUT2D eigenvalue weighted by molar-refractivity contribution is 7.07. The molecule has 2 heterocycles. The molecule has 0 unspecified atom stereocenters. The Labute approximate surface area is 113 Å². The zero-order valence-electron chi connectivity index (χ0n) is 10.9. The number of allylic oxidation sites excluding steroid dienone is 1. The Hall–Kier alpha value is -1.32. The first-order chi connectivity index (χ1) is 8.74. The second-order valence-corrected chi connectivity index (χ2v) is 5.44. The van der Waals surface area contributed by atoms with Gasteiger partial charge in [-0.25, -0.2) is 0 Å². The van der Waals surface area contributed by atoms with Crippen LogP contribution in [0.2, 0.25) is 0 Å². The van der Waals surface area contributed by atoms with Crippen molar-refractivity contribution in [3.05, 3.63) is 58.2 Å². The van der Waals surface area contributed by atoms with E-state index in [0.717, 1.165) is 25.4 Å². The molecule has 18 heavy (non-hydrogen) atoms. The van der Waals surface area contributed by atoms with Crippen LogP contribution >= 0.6 is 11.3 Å². The Morgan fingerprint density at radius 1 is 1.33 bits per heavy atom. The van der Waals surface area contributed by atoms with Gasteiger partial charge in [0.1, 0.15) is 5.76 Å². The van der Waals surface area contributed by atoms with E-state index in [9.17, 15) is 0 Å². The van der Waals surface area contributed by atoms with Crippen LogP contribution in [-0.2, 0) is 13.1 Å².